The van der Waals surface area contributed by atoms with Gasteiger partial charge >= 0.3 is 0 Å². The van der Waals surface area contributed by atoms with Crippen molar-refractivity contribution in [1.82, 2.24) is 0 Å². The molecule has 0 saturated heterocycles. The topological polar surface area (TPSA) is 26.0 Å². The Morgan fingerprint density at radius 3 is 2.71 bits per heavy atom. The molecule has 2 heteroatoms. The van der Waals surface area contributed by atoms with E-state index in [9.17, 15) is 0 Å². The summed E-state index contributed by atoms with van der Waals surface area (Å²) in [6.07, 6.45) is 0. The van der Waals surface area contributed by atoms with Crippen LogP contribution in [0.3, 0.4) is 0 Å². The second-order valence-electron chi connectivity index (χ2n) is 3.92. The Bertz CT molecular complexity index is 294. The fourth-order valence-corrected chi connectivity index (χ4v) is 2.33. The summed E-state index contributed by atoms with van der Waals surface area (Å²) in [5.74, 6) is 2.11. The van der Waals surface area contributed by atoms with E-state index in [1.165, 1.54) is 16.7 Å². The number of hydrogen-bond donors (Lipinski definition) is 1. The number of benzene rings is 1. The minimum atomic E-state index is 0.296. The maximum Gasteiger partial charge on any atom is 0.0187 e. The first-order valence-corrected chi connectivity index (χ1v) is 6.14. The minimum Gasteiger partial charge on any atom is -0.327 e. The molecule has 1 nitrogen and oxygen atoms in total. The van der Waals surface area contributed by atoms with Crippen molar-refractivity contribution in [3.8, 4) is 0 Å². The van der Waals surface area contributed by atoms with Crippen molar-refractivity contribution in [2.75, 3.05) is 5.75 Å². The first-order chi connectivity index (χ1) is 6.59. The third kappa shape index (κ3) is 3.72. The third-order valence-corrected chi connectivity index (χ3v) is 3.42. The van der Waals surface area contributed by atoms with Gasteiger partial charge in [0.05, 0.1) is 0 Å². The predicted molar refractivity (Wildman–Crippen MR) is 65.7 cm³/mol. The highest BCUT2D eigenvalue weighted by Crippen LogP contribution is 2.17. The van der Waals surface area contributed by atoms with Gasteiger partial charge in [0.15, 0.2) is 0 Å². The van der Waals surface area contributed by atoms with E-state index in [4.69, 9.17) is 5.73 Å². The van der Waals surface area contributed by atoms with Crippen LogP contribution in [0.25, 0.3) is 0 Å². The van der Waals surface area contributed by atoms with Gasteiger partial charge in [-0.05, 0) is 31.9 Å². The van der Waals surface area contributed by atoms with Gasteiger partial charge in [-0.2, -0.15) is 11.8 Å². The van der Waals surface area contributed by atoms with E-state index in [1.54, 1.807) is 0 Å². The lowest BCUT2D eigenvalue weighted by Crippen LogP contribution is -2.17. The highest BCUT2D eigenvalue weighted by Gasteiger charge is 2.00. The molecular formula is C12H19NS. The van der Waals surface area contributed by atoms with Crippen LogP contribution in [0.4, 0.5) is 0 Å². The normalized spacial score (nSPS) is 12.9. The SMILES string of the molecule is Cc1ccc(C)c(CSCC(C)N)c1. The molecule has 78 valence electrons. The summed E-state index contributed by atoms with van der Waals surface area (Å²) in [5, 5.41) is 0. The molecule has 1 rings (SSSR count). The summed E-state index contributed by atoms with van der Waals surface area (Å²) in [6.45, 7) is 6.36. The summed E-state index contributed by atoms with van der Waals surface area (Å²) in [4.78, 5) is 0. The van der Waals surface area contributed by atoms with Crippen LogP contribution in [0, 0.1) is 13.8 Å². The first kappa shape index (κ1) is 11.6. The molecule has 0 saturated carbocycles. The Hall–Kier alpha value is -0.470. The molecule has 0 aliphatic carbocycles. The first-order valence-electron chi connectivity index (χ1n) is 4.99. The maximum absolute atomic E-state index is 5.70. The summed E-state index contributed by atoms with van der Waals surface area (Å²) in [7, 11) is 0. The van der Waals surface area contributed by atoms with Crippen LogP contribution in [0.2, 0.25) is 0 Å². The molecule has 0 bridgehead atoms. The Balaban J connectivity index is 2.53. The highest BCUT2D eigenvalue weighted by atomic mass is 32.2. The Labute approximate surface area is 91.1 Å². The molecule has 1 unspecified atom stereocenters. The van der Waals surface area contributed by atoms with Crippen LogP contribution < -0.4 is 5.73 Å². The molecule has 0 aliphatic rings. The van der Waals surface area contributed by atoms with Crippen molar-refractivity contribution in [1.29, 1.82) is 0 Å². The Morgan fingerprint density at radius 2 is 2.07 bits per heavy atom. The minimum absolute atomic E-state index is 0.296. The molecule has 1 aromatic rings. The average Bonchev–Trinajstić information content (AvgIpc) is 2.10. The molecule has 1 aromatic carbocycles. The van der Waals surface area contributed by atoms with Crippen LogP contribution in [-0.4, -0.2) is 11.8 Å². The number of aryl methyl sites for hydroxylation is 2. The van der Waals surface area contributed by atoms with E-state index in [0.29, 0.717) is 6.04 Å². The molecule has 2 N–H and O–H groups in total. The summed E-state index contributed by atoms with van der Waals surface area (Å²) in [6, 6.07) is 6.92. The van der Waals surface area contributed by atoms with Crippen LogP contribution in [-0.2, 0) is 5.75 Å². The lowest BCUT2D eigenvalue weighted by molar-refractivity contribution is 0.847. The van der Waals surface area contributed by atoms with Crippen molar-refractivity contribution in [2.45, 2.75) is 32.6 Å². The summed E-state index contributed by atoms with van der Waals surface area (Å²) >= 11 is 1.91. The summed E-state index contributed by atoms with van der Waals surface area (Å²) in [5.41, 5.74) is 9.87. The van der Waals surface area contributed by atoms with E-state index in [1.807, 2.05) is 11.8 Å². The molecule has 0 aromatic heterocycles. The van der Waals surface area contributed by atoms with Crippen LogP contribution in [0.15, 0.2) is 18.2 Å². The fourth-order valence-electron chi connectivity index (χ4n) is 1.31. The van der Waals surface area contributed by atoms with E-state index >= 15 is 0 Å². The van der Waals surface area contributed by atoms with Crippen LogP contribution in [0.5, 0.6) is 0 Å². The van der Waals surface area contributed by atoms with Gasteiger partial charge < -0.3 is 5.73 Å². The Kier molecular flexibility index (Phi) is 4.49. The van der Waals surface area contributed by atoms with Gasteiger partial charge in [0.2, 0.25) is 0 Å². The molecular weight excluding hydrogens is 190 g/mol. The van der Waals surface area contributed by atoms with Gasteiger partial charge in [0.25, 0.3) is 0 Å². The van der Waals surface area contributed by atoms with Gasteiger partial charge in [-0.1, -0.05) is 23.8 Å². The monoisotopic (exact) mass is 209 g/mol. The quantitative estimate of drug-likeness (QED) is 0.825. The highest BCUT2D eigenvalue weighted by molar-refractivity contribution is 7.98. The molecule has 14 heavy (non-hydrogen) atoms. The molecule has 0 aliphatic heterocycles. The lowest BCUT2D eigenvalue weighted by atomic mass is 10.1. The molecule has 1 atom stereocenters. The zero-order valence-corrected chi connectivity index (χ0v) is 10.0. The van der Waals surface area contributed by atoms with Crippen molar-refractivity contribution in [2.24, 2.45) is 5.73 Å². The zero-order valence-electron chi connectivity index (χ0n) is 9.21. The molecule has 0 spiro atoms. The van der Waals surface area contributed by atoms with Crippen molar-refractivity contribution >= 4 is 11.8 Å². The molecule has 0 fully saturated rings. The second kappa shape index (κ2) is 5.42. The lowest BCUT2D eigenvalue weighted by Gasteiger charge is -2.08. The average molecular weight is 209 g/mol. The van der Waals surface area contributed by atoms with Crippen molar-refractivity contribution in [3.63, 3.8) is 0 Å². The van der Waals surface area contributed by atoms with Gasteiger partial charge in [0.1, 0.15) is 0 Å². The number of thioether (sulfide) groups is 1. The van der Waals surface area contributed by atoms with Gasteiger partial charge in [-0.25, -0.2) is 0 Å². The van der Waals surface area contributed by atoms with Crippen molar-refractivity contribution < 1.29 is 0 Å². The fraction of sp³-hybridized carbons (Fsp3) is 0.500. The van der Waals surface area contributed by atoms with E-state index < -0.39 is 0 Å². The van der Waals surface area contributed by atoms with E-state index in [0.717, 1.165) is 11.5 Å². The van der Waals surface area contributed by atoms with E-state index in [-0.39, 0.29) is 0 Å². The molecule has 0 amide bonds. The number of nitrogens with two attached hydrogens (primary N) is 1. The van der Waals surface area contributed by atoms with Crippen LogP contribution >= 0.6 is 11.8 Å². The van der Waals surface area contributed by atoms with Crippen LogP contribution in [0.1, 0.15) is 23.6 Å². The standard InChI is InChI=1S/C12H19NS/c1-9-4-5-10(2)12(6-9)8-14-7-11(3)13/h4-6,11H,7-8,13H2,1-3H3. The smallest absolute Gasteiger partial charge is 0.0187 e. The zero-order chi connectivity index (χ0) is 10.6. The molecule has 0 heterocycles. The number of rotatable bonds is 4. The Morgan fingerprint density at radius 1 is 1.36 bits per heavy atom. The largest absolute Gasteiger partial charge is 0.327 e. The summed E-state index contributed by atoms with van der Waals surface area (Å²) < 4.78 is 0. The van der Waals surface area contributed by atoms with Crippen molar-refractivity contribution in [3.05, 3.63) is 34.9 Å². The number of hydrogen-bond acceptors (Lipinski definition) is 2. The predicted octanol–water partition coefficient (Wildman–Crippen LogP) is 2.88. The third-order valence-electron chi connectivity index (χ3n) is 2.14. The van der Waals surface area contributed by atoms with Gasteiger partial charge in [0, 0.05) is 17.5 Å². The van der Waals surface area contributed by atoms with Gasteiger partial charge in [-0.15, -0.1) is 0 Å². The molecule has 0 radical (unpaired) electrons. The van der Waals surface area contributed by atoms with E-state index in [2.05, 4.69) is 39.0 Å². The maximum atomic E-state index is 5.70. The van der Waals surface area contributed by atoms with Gasteiger partial charge in [-0.3, -0.25) is 0 Å². The second-order valence-corrected chi connectivity index (χ2v) is 4.95.